The highest BCUT2D eigenvalue weighted by atomic mass is 16.5. The van der Waals surface area contributed by atoms with E-state index in [9.17, 15) is 4.79 Å². The molecule has 21 heavy (non-hydrogen) atoms. The van der Waals surface area contributed by atoms with Gasteiger partial charge in [-0.25, -0.2) is 4.79 Å². The standard InChI is InChI=1S/C15H24N2O4/c1-10(2)8-16-15(18)17-9-11-6-13(20-4)14(21-5)7-12(11)19-3/h6-7,10H,8-9H2,1-5H3,(H2,16,17,18). The highest BCUT2D eigenvalue weighted by Crippen LogP contribution is 2.34. The van der Waals surface area contributed by atoms with Crippen molar-refractivity contribution in [3.8, 4) is 17.2 Å². The molecule has 0 unspecified atom stereocenters. The molecule has 2 amide bonds. The monoisotopic (exact) mass is 296 g/mol. The number of ether oxygens (including phenoxy) is 3. The number of hydrogen-bond donors (Lipinski definition) is 2. The zero-order valence-corrected chi connectivity index (χ0v) is 13.3. The van der Waals surface area contributed by atoms with Crippen molar-refractivity contribution in [1.82, 2.24) is 10.6 Å². The maximum Gasteiger partial charge on any atom is 0.315 e. The molecule has 0 bridgehead atoms. The lowest BCUT2D eigenvalue weighted by Gasteiger charge is -2.15. The Kier molecular flexibility index (Phi) is 6.65. The molecule has 1 rings (SSSR count). The number of carbonyl (C=O) groups is 1. The van der Waals surface area contributed by atoms with Crippen LogP contribution in [0.5, 0.6) is 17.2 Å². The molecule has 0 heterocycles. The first-order chi connectivity index (χ1) is 10.0. The molecule has 0 fully saturated rings. The van der Waals surface area contributed by atoms with Crippen LogP contribution in [-0.2, 0) is 6.54 Å². The molecule has 0 aliphatic heterocycles. The Labute approximate surface area is 125 Å². The van der Waals surface area contributed by atoms with Gasteiger partial charge in [0.2, 0.25) is 0 Å². The molecule has 1 aromatic carbocycles. The Balaban J connectivity index is 2.75. The van der Waals surface area contributed by atoms with Crippen LogP contribution in [0.25, 0.3) is 0 Å². The summed E-state index contributed by atoms with van der Waals surface area (Å²) < 4.78 is 15.8. The van der Waals surface area contributed by atoms with Crippen LogP contribution in [0.4, 0.5) is 4.79 Å². The second-order valence-electron chi connectivity index (χ2n) is 4.98. The van der Waals surface area contributed by atoms with Gasteiger partial charge < -0.3 is 24.8 Å². The molecular formula is C15H24N2O4. The van der Waals surface area contributed by atoms with Gasteiger partial charge in [-0.15, -0.1) is 0 Å². The van der Waals surface area contributed by atoms with Gasteiger partial charge in [0, 0.05) is 24.7 Å². The van der Waals surface area contributed by atoms with Gasteiger partial charge in [-0.2, -0.15) is 0 Å². The van der Waals surface area contributed by atoms with Crippen molar-refractivity contribution in [3.63, 3.8) is 0 Å². The fraction of sp³-hybridized carbons (Fsp3) is 0.533. The Morgan fingerprint density at radius 2 is 1.57 bits per heavy atom. The highest BCUT2D eigenvalue weighted by molar-refractivity contribution is 5.74. The Morgan fingerprint density at radius 3 is 2.10 bits per heavy atom. The lowest BCUT2D eigenvalue weighted by atomic mass is 10.1. The summed E-state index contributed by atoms with van der Waals surface area (Å²) in [6.07, 6.45) is 0. The molecule has 0 spiro atoms. The lowest BCUT2D eigenvalue weighted by molar-refractivity contribution is 0.239. The molecule has 0 saturated carbocycles. The van der Waals surface area contributed by atoms with E-state index in [-0.39, 0.29) is 6.03 Å². The maximum absolute atomic E-state index is 11.7. The second-order valence-corrected chi connectivity index (χ2v) is 4.98. The smallest absolute Gasteiger partial charge is 0.315 e. The SMILES string of the molecule is COc1cc(OC)c(OC)cc1CNC(=O)NCC(C)C. The summed E-state index contributed by atoms with van der Waals surface area (Å²) in [5.74, 6) is 2.23. The molecule has 0 aliphatic carbocycles. The predicted octanol–water partition coefficient (Wildman–Crippen LogP) is 2.17. The zero-order chi connectivity index (χ0) is 15.8. The van der Waals surface area contributed by atoms with Gasteiger partial charge in [-0.05, 0) is 12.0 Å². The van der Waals surface area contributed by atoms with Crippen molar-refractivity contribution >= 4 is 6.03 Å². The second kappa shape index (κ2) is 8.24. The van der Waals surface area contributed by atoms with Crippen LogP contribution in [0.1, 0.15) is 19.4 Å². The zero-order valence-electron chi connectivity index (χ0n) is 13.3. The van der Waals surface area contributed by atoms with Crippen molar-refractivity contribution in [2.24, 2.45) is 5.92 Å². The molecular weight excluding hydrogens is 272 g/mol. The van der Waals surface area contributed by atoms with E-state index in [1.54, 1.807) is 33.5 Å². The van der Waals surface area contributed by atoms with E-state index in [1.165, 1.54) is 0 Å². The van der Waals surface area contributed by atoms with Crippen LogP contribution in [0.3, 0.4) is 0 Å². The van der Waals surface area contributed by atoms with E-state index < -0.39 is 0 Å². The summed E-state index contributed by atoms with van der Waals surface area (Å²) in [6.45, 7) is 5.05. The summed E-state index contributed by atoms with van der Waals surface area (Å²) >= 11 is 0. The van der Waals surface area contributed by atoms with Gasteiger partial charge in [-0.3, -0.25) is 0 Å². The van der Waals surface area contributed by atoms with Crippen LogP contribution in [0.2, 0.25) is 0 Å². The molecule has 6 nitrogen and oxygen atoms in total. The summed E-state index contributed by atoms with van der Waals surface area (Å²) in [7, 11) is 4.70. The van der Waals surface area contributed by atoms with Crippen molar-refractivity contribution in [2.45, 2.75) is 20.4 Å². The van der Waals surface area contributed by atoms with Crippen molar-refractivity contribution in [1.29, 1.82) is 0 Å². The number of urea groups is 1. The quantitative estimate of drug-likeness (QED) is 0.809. The number of nitrogens with one attached hydrogen (secondary N) is 2. The van der Waals surface area contributed by atoms with Crippen LogP contribution < -0.4 is 24.8 Å². The number of benzene rings is 1. The third kappa shape index (κ3) is 5.06. The summed E-state index contributed by atoms with van der Waals surface area (Å²) in [5, 5.41) is 5.59. The fourth-order valence-corrected chi connectivity index (χ4v) is 1.77. The first kappa shape index (κ1) is 16.9. The van der Waals surface area contributed by atoms with E-state index in [0.29, 0.717) is 36.3 Å². The molecule has 0 aromatic heterocycles. The minimum absolute atomic E-state index is 0.208. The summed E-state index contributed by atoms with van der Waals surface area (Å²) in [5.41, 5.74) is 0.815. The van der Waals surface area contributed by atoms with E-state index in [2.05, 4.69) is 10.6 Å². The Bertz CT molecular complexity index is 475. The van der Waals surface area contributed by atoms with Crippen LogP contribution in [-0.4, -0.2) is 33.9 Å². The minimum Gasteiger partial charge on any atom is -0.496 e. The van der Waals surface area contributed by atoms with Gasteiger partial charge in [0.05, 0.1) is 21.3 Å². The predicted molar refractivity (Wildman–Crippen MR) is 81.2 cm³/mol. The molecule has 6 heteroatoms. The van der Waals surface area contributed by atoms with E-state index in [4.69, 9.17) is 14.2 Å². The summed E-state index contributed by atoms with van der Waals surface area (Å²) in [4.78, 5) is 11.7. The fourth-order valence-electron chi connectivity index (χ4n) is 1.77. The van der Waals surface area contributed by atoms with Crippen molar-refractivity contribution in [2.75, 3.05) is 27.9 Å². The molecule has 0 aliphatic rings. The Hall–Kier alpha value is -2.11. The minimum atomic E-state index is -0.208. The largest absolute Gasteiger partial charge is 0.496 e. The first-order valence-corrected chi connectivity index (χ1v) is 6.82. The molecule has 0 atom stereocenters. The first-order valence-electron chi connectivity index (χ1n) is 6.82. The van der Waals surface area contributed by atoms with Gasteiger partial charge in [0.1, 0.15) is 5.75 Å². The van der Waals surface area contributed by atoms with E-state index in [0.717, 1.165) is 5.56 Å². The molecule has 118 valence electrons. The Morgan fingerprint density at radius 1 is 1.00 bits per heavy atom. The van der Waals surface area contributed by atoms with Gasteiger partial charge >= 0.3 is 6.03 Å². The number of hydrogen-bond acceptors (Lipinski definition) is 4. The molecule has 2 N–H and O–H groups in total. The van der Waals surface area contributed by atoms with Gasteiger partial charge in [0.15, 0.2) is 11.5 Å². The van der Waals surface area contributed by atoms with Crippen molar-refractivity contribution in [3.05, 3.63) is 17.7 Å². The molecule has 0 saturated heterocycles. The lowest BCUT2D eigenvalue weighted by Crippen LogP contribution is -2.37. The van der Waals surface area contributed by atoms with Crippen molar-refractivity contribution < 1.29 is 19.0 Å². The highest BCUT2D eigenvalue weighted by Gasteiger charge is 2.12. The third-order valence-electron chi connectivity index (χ3n) is 2.90. The van der Waals surface area contributed by atoms with E-state index >= 15 is 0 Å². The normalized spacial score (nSPS) is 10.2. The number of carbonyl (C=O) groups excluding carboxylic acids is 1. The van der Waals surface area contributed by atoms with Crippen LogP contribution in [0, 0.1) is 5.92 Å². The maximum atomic E-state index is 11.7. The van der Waals surface area contributed by atoms with Crippen LogP contribution >= 0.6 is 0 Å². The number of amides is 2. The molecule has 0 radical (unpaired) electrons. The average molecular weight is 296 g/mol. The van der Waals surface area contributed by atoms with Crippen LogP contribution in [0.15, 0.2) is 12.1 Å². The van der Waals surface area contributed by atoms with Gasteiger partial charge in [-0.1, -0.05) is 13.8 Å². The number of rotatable bonds is 7. The molecule has 1 aromatic rings. The third-order valence-corrected chi connectivity index (χ3v) is 2.90. The van der Waals surface area contributed by atoms with Gasteiger partial charge in [0.25, 0.3) is 0 Å². The average Bonchev–Trinajstić information content (AvgIpc) is 2.49. The topological polar surface area (TPSA) is 68.8 Å². The summed E-state index contributed by atoms with van der Waals surface area (Å²) in [6, 6.07) is 3.32. The number of methoxy groups -OCH3 is 3. The van der Waals surface area contributed by atoms with E-state index in [1.807, 2.05) is 13.8 Å².